The van der Waals surface area contributed by atoms with Crippen molar-refractivity contribution >= 4 is 11.6 Å². The summed E-state index contributed by atoms with van der Waals surface area (Å²) in [4.78, 5) is 14.1. The molecule has 0 radical (unpaired) electrons. The lowest BCUT2D eigenvalue weighted by Gasteiger charge is -2.36. The molecule has 110 valence electrons. The van der Waals surface area contributed by atoms with E-state index in [2.05, 4.69) is 10.2 Å². The van der Waals surface area contributed by atoms with E-state index in [9.17, 15) is 4.79 Å². The first-order chi connectivity index (χ1) is 9.72. The predicted octanol–water partition coefficient (Wildman–Crippen LogP) is 1.48. The molecule has 1 amide bonds. The van der Waals surface area contributed by atoms with E-state index < -0.39 is 0 Å². The Hall–Kier alpha value is -1.59. The maximum atomic E-state index is 12.1. The predicted molar refractivity (Wildman–Crippen MR) is 77.9 cm³/mol. The molecule has 1 aliphatic rings. The number of anilines is 1. The molecule has 2 rings (SSSR count). The Morgan fingerprint density at radius 3 is 2.90 bits per heavy atom. The molecule has 0 heterocycles. The van der Waals surface area contributed by atoms with Gasteiger partial charge in [-0.2, -0.15) is 0 Å². The number of amides is 1. The number of carbonyl (C=O) groups excluding carboxylic acids is 1. The van der Waals surface area contributed by atoms with E-state index in [1.165, 1.54) is 6.42 Å². The van der Waals surface area contributed by atoms with Crippen molar-refractivity contribution in [3.05, 3.63) is 24.3 Å². The van der Waals surface area contributed by atoms with Crippen molar-refractivity contribution in [1.82, 2.24) is 4.90 Å². The van der Waals surface area contributed by atoms with Crippen LogP contribution in [0.4, 0.5) is 5.69 Å². The van der Waals surface area contributed by atoms with Gasteiger partial charge in [0.1, 0.15) is 5.75 Å². The van der Waals surface area contributed by atoms with Crippen molar-refractivity contribution in [2.24, 2.45) is 0 Å². The number of hydrogen-bond acceptors (Lipinski definition) is 4. The van der Waals surface area contributed by atoms with Crippen molar-refractivity contribution < 1.29 is 14.6 Å². The molecule has 1 aliphatic carbocycles. The molecular weight excluding hydrogens is 256 g/mol. The Labute approximate surface area is 119 Å². The Bertz CT molecular complexity index is 446. The van der Waals surface area contributed by atoms with E-state index in [0.717, 1.165) is 18.5 Å². The van der Waals surface area contributed by atoms with E-state index in [4.69, 9.17) is 9.84 Å². The molecule has 2 N–H and O–H groups in total. The quantitative estimate of drug-likeness (QED) is 0.793. The summed E-state index contributed by atoms with van der Waals surface area (Å²) in [7, 11) is 1.60. The van der Waals surface area contributed by atoms with Crippen LogP contribution < -0.4 is 10.1 Å². The summed E-state index contributed by atoms with van der Waals surface area (Å²) in [5.74, 6) is 0.660. The number of carbonyl (C=O) groups is 1. The normalized spacial score (nSPS) is 14.9. The molecule has 1 aromatic rings. The van der Waals surface area contributed by atoms with Gasteiger partial charge in [-0.15, -0.1) is 0 Å². The monoisotopic (exact) mass is 278 g/mol. The third-order valence-corrected chi connectivity index (χ3v) is 3.68. The second kappa shape index (κ2) is 7.26. The van der Waals surface area contributed by atoms with E-state index >= 15 is 0 Å². The third-order valence-electron chi connectivity index (χ3n) is 3.68. The topological polar surface area (TPSA) is 61.8 Å². The minimum Gasteiger partial charge on any atom is -0.497 e. The minimum atomic E-state index is -0.0568. The average Bonchev–Trinajstić information content (AvgIpc) is 2.37. The molecule has 0 saturated heterocycles. The zero-order valence-electron chi connectivity index (χ0n) is 11.8. The second-order valence-corrected chi connectivity index (χ2v) is 5.06. The minimum absolute atomic E-state index is 0.0568. The van der Waals surface area contributed by atoms with Gasteiger partial charge in [0.05, 0.1) is 20.3 Å². The first kappa shape index (κ1) is 14.8. The first-order valence-corrected chi connectivity index (χ1v) is 7.01. The van der Waals surface area contributed by atoms with Gasteiger partial charge in [-0.05, 0) is 25.0 Å². The largest absolute Gasteiger partial charge is 0.497 e. The summed E-state index contributed by atoms with van der Waals surface area (Å²) < 4.78 is 5.13. The number of aliphatic hydroxyl groups excluding tert-OH is 1. The Morgan fingerprint density at radius 1 is 1.50 bits per heavy atom. The van der Waals surface area contributed by atoms with Crippen LogP contribution >= 0.6 is 0 Å². The summed E-state index contributed by atoms with van der Waals surface area (Å²) in [5.41, 5.74) is 0.729. The molecule has 1 aromatic carbocycles. The van der Waals surface area contributed by atoms with Gasteiger partial charge in [-0.1, -0.05) is 12.5 Å². The van der Waals surface area contributed by atoms with Gasteiger partial charge in [-0.3, -0.25) is 9.69 Å². The molecule has 5 nitrogen and oxygen atoms in total. The van der Waals surface area contributed by atoms with E-state index in [1.54, 1.807) is 13.2 Å². The van der Waals surface area contributed by atoms with Gasteiger partial charge in [0.2, 0.25) is 5.91 Å². The SMILES string of the molecule is COc1cccc(NC(=O)CN(CCO)C2CCC2)c1. The van der Waals surface area contributed by atoms with Crippen LogP contribution in [-0.2, 0) is 4.79 Å². The van der Waals surface area contributed by atoms with Crippen LogP contribution in [0, 0.1) is 0 Å². The highest BCUT2D eigenvalue weighted by molar-refractivity contribution is 5.92. The van der Waals surface area contributed by atoms with Crippen molar-refractivity contribution in [3.8, 4) is 5.75 Å². The van der Waals surface area contributed by atoms with Crippen molar-refractivity contribution in [2.75, 3.05) is 32.1 Å². The summed E-state index contributed by atoms with van der Waals surface area (Å²) >= 11 is 0. The summed E-state index contributed by atoms with van der Waals surface area (Å²) in [6.07, 6.45) is 3.45. The summed E-state index contributed by atoms with van der Waals surface area (Å²) in [6, 6.07) is 7.74. The maximum Gasteiger partial charge on any atom is 0.238 e. The van der Waals surface area contributed by atoms with Crippen molar-refractivity contribution in [1.29, 1.82) is 0 Å². The fraction of sp³-hybridized carbons (Fsp3) is 0.533. The molecule has 0 unspecified atom stereocenters. The second-order valence-electron chi connectivity index (χ2n) is 5.06. The number of nitrogens with one attached hydrogen (secondary N) is 1. The highest BCUT2D eigenvalue weighted by Gasteiger charge is 2.25. The Morgan fingerprint density at radius 2 is 2.30 bits per heavy atom. The summed E-state index contributed by atoms with van der Waals surface area (Å²) in [5, 5.41) is 12.0. The number of ether oxygens (including phenoxy) is 1. The van der Waals surface area contributed by atoms with Crippen LogP contribution in [0.15, 0.2) is 24.3 Å². The van der Waals surface area contributed by atoms with Crippen LogP contribution in [-0.4, -0.2) is 48.8 Å². The molecule has 20 heavy (non-hydrogen) atoms. The van der Waals surface area contributed by atoms with Crippen LogP contribution in [0.5, 0.6) is 5.75 Å². The number of hydrogen-bond donors (Lipinski definition) is 2. The maximum absolute atomic E-state index is 12.1. The van der Waals surface area contributed by atoms with Crippen LogP contribution in [0.2, 0.25) is 0 Å². The van der Waals surface area contributed by atoms with Gasteiger partial charge in [0.25, 0.3) is 0 Å². The highest BCUT2D eigenvalue weighted by atomic mass is 16.5. The molecule has 5 heteroatoms. The van der Waals surface area contributed by atoms with Crippen LogP contribution in [0.3, 0.4) is 0 Å². The number of aliphatic hydroxyl groups is 1. The van der Waals surface area contributed by atoms with Gasteiger partial charge in [0, 0.05) is 24.3 Å². The van der Waals surface area contributed by atoms with Gasteiger partial charge >= 0.3 is 0 Å². The number of methoxy groups -OCH3 is 1. The van der Waals surface area contributed by atoms with Gasteiger partial charge in [-0.25, -0.2) is 0 Å². The van der Waals surface area contributed by atoms with E-state index in [-0.39, 0.29) is 12.5 Å². The van der Waals surface area contributed by atoms with E-state index in [1.807, 2.05) is 18.2 Å². The molecule has 0 aliphatic heterocycles. The fourth-order valence-electron chi connectivity index (χ4n) is 2.36. The molecule has 0 aromatic heterocycles. The Balaban J connectivity index is 1.89. The number of rotatable bonds is 7. The lowest BCUT2D eigenvalue weighted by atomic mass is 9.91. The van der Waals surface area contributed by atoms with E-state index in [0.29, 0.717) is 24.9 Å². The van der Waals surface area contributed by atoms with Crippen molar-refractivity contribution in [2.45, 2.75) is 25.3 Å². The van der Waals surface area contributed by atoms with Crippen molar-refractivity contribution in [3.63, 3.8) is 0 Å². The van der Waals surface area contributed by atoms with Crippen LogP contribution in [0.1, 0.15) is 19.3 Å². The molecule has 1 fully saturated rings. The zero-order chi connectivity index (χ0) is 14.4. The van der Waals surface area contributed by atoms with Gasteiger partial charge < -0.3 is 15.2 Å². The zero-order valence-corrected chi connectivity index (χ0v) is 11.8. The number of nitrogens with zero attached hydrogens (tertiary/aromatic N) is 1. The van der Waals surface area contributed by atoms with Crippen LogP contribution in [0.25, 0.3) is 0 Å². The molecule has 0 bridgehead atoms. The number of benzene rings is 1. The molecule has 1 saturated carbocycles. The molecule has 0 spiro atoms. The third kappa shape index (κ3) is 3.95. The highest BCUT2D eigenvalue weighted by Crippen LogP contribution is 2.24. The summed E-state index contributed by atoms with van der Waals surface area (Å²) in [6.45, 7) is 0.960. The average molecular weight is 278 g/mol. The Kier molecular flexibility index (Phi) is 5.38. The lowest BCUT2D eigenvalue weighted by Crippen LogP contribution is -2.45. The lowest BCUT2D eigenvalue weighted by molar-refractivity contribution is -0.118. The standard InChI is InChI=1S/C15H22N2O3/c1-20-14-7-2-4-12(10-14)16-15(19)11-17(8-9-18)13-5-3-6-13/h2,4,7,10,13,18H,3,5-6,8-9,11H2,1H3,(H,16,19). The molecular formula is C15H22N2O3. The first-order valence-electron chi connectivity index (χ1n) is 7.01. The fourth-order valence-corrected chi connectivity index (χ4v) is 2.36. The smallest absolute Gasteiger partial charge is 0.238 e. The molecule has 0 atom stereocenters. The van der Waals surface area contributed by atoms with Gasteiger partial charge in [0.15, 0.2) is 0 Å².